The molecule has 1 aliphatic heterocycles. The summed E-state index contributed by atoms with van der Waals surface area (Å²) in [6.45, 7) is 4.34. The number of hydrogen-bond acceptors (Lipinski definition) is 4. The average molecular weight is 280 g/mol. The lowest BCUT2D eigenvalue weighted by Crippen LogP contribution is -2.44. The molecule has 1 aromatic rings. The second-order valence-electron chi connectivity index (χ2n) is 4.56. The quantitative estimate of drug-likeness (QED) is 0.892. The fourth-order valence-electron chi connectivity index (χ4n) is 2.08. The van der Waals surface area contributed by atoms with Crippen molar-refractivity contribution >= 4 is 23.6 Å². The number of carbonyl (C=O) groups is 2. The number of rotatable bonds is 2. The van der Waals surface area contributed by atoms with Crippen LogP contribution in [-0.4, -0.2) is 51.0 Å². The molecule has 6 heteroatoms. The smallest absolute Gasteiger partial charge is 0.337 e. The van der Waals surface area contributed by atoms with Crippen molar-refractivity contribution < 1.29 is 14.7 Å². The first-order valence-corrected chi connectivity index (χ1v) is 7.26. The van der Waals surface area contributed by atoms with Crippen LogP contribution in [0.25, 0.3) is 0 Å². The van der Waals surface area contributed by atoms with Crippen molar-refractivity contribution in [3.63, 3.8) is 0 Å². The summed E-state index contributed by atoms with van der Waals surface area (Å²) in [7, 11) is 0. The lowest BCUT2D eigenvalue weighted by atomic mass is 10.1. The Bertz CT molecular complexity index is 519. The van der Waals surface area contributed by atoms with Gasteiger partial charge in [0.2, 0.25) is 0 Å². The van der Waals surface area contributed by atoms with Gasteiger partial charge in [0.05, 0.1) is 11.3 Å². The number of hydrogen-bond donors (Lipinski definition) is 1. The Morgan fingerprint density at radius 3 is 2.79 bits per heavy atom. The lowest BCUT2D eigenvalue weighted by Gasteiger charge is -2.32. The van der Waals surface area contributed by atoms with Gasteiger partial charge in [-0.15, -0.1) is 0 Å². The van der Waals surface area contributed by atoms with Crippen LogP contribution in [-0.2, 0) is 0 Å². The van der Waals surface area contributed by atoms with Gasteiger partial charge >= 0.3 is 5.97 Å². The summed E-state index contributed by atoms with van der Waals surface area (Å²) < 4.78 is 0. The molecule has 0 aromatic carbocycles. The van der Waals surface area contributed by atoms with Gasteiger partial charge in [0.1, 0.15) is 5.69 Å². The zero-order chi connectivity index (χ0) is 14.0. The Labute approximate surface area is 116 Å². The van der Waals surface area contributed by atoms with Crippen molar-refractivity contribution in [2.75, 3.05) is 18.1 Å². The van der Waals surface area contributed by atoms with E-state index in [1.165, 1.54) is 12.1 Å². The number of aromatic nitrogens is 1. The van der Waals surface area contributed by atoms with Gasteiger partial charge in [-0.1, -0.05) is 0 Å². The Balaban J connectivity index is 2.24. The van der Waals surface area contributed by atoms with E-state index < -0.39 is 5.97 Å². The number of pyridine rings is 1. The molecule has 1 atom stereocenters. The SMILES string of the molecule is Cc1nc(C(=O)N2CCSCC2C)ccc1C(=O)O. The monoisotopic (exact) mass is 280 g/mol. The van der Waals surface area contributed by atoms with Crippen molar-refractivity contribution in [3.8, 4) is 0 Å². The van der Waals surface area contributed by atoms with E-state index >= 15 is 0 Å². The van der Waals surface area contributed by atoms with Crippen molar-refractivity contribution in [2.45, 2.75) is 19.9 Å². The van der Waals surface area contributed by atoms with E-state index in [1.807, 2.05) is 18.7 Å². The maximum atomic E-state index is 12.4. The summed E-state index contributed by atoms with van der Waals surface area (Å²) in [4.78, 5) is 29.2. The third-order valence-corrected chi connectivity index (χ3v) is 4.35. The summed E-state index contributed by atoms with van der Waals surface area (Å²) >= 11 is 1.84. The molecule has 5 nitrogen and oxygen atoms in total. The van der Waals surface area contributed by atoms with Crippen LogP contribution in [0.2, 0.25) is 0 Å². The van der Waals surface area contributed by atoms with Crippen LogP contribution in [0.3, 0.4) is 0 Å². The van der Waals surface area contributed by atoms with Crippen LogP contribution in [0.4, 0.5) is 0 Å². The molecule has 0 spiro atoms. The molecule has 1 fully saturated rings. The van der Waals surface area contributed by atoms with E-state index in [9.17, 15) is 9.59 Å². The van der Waals surface area contributed by atoms with Crippen LogP contribution in [0.1, 0.15) is 33.5 Å². The Morgan fingerprint density at radius 1 is 1.47 bits per heavy atom. The number of aromatic carboxylic acids is 1. The molecule has 1 N–H and O–H groups in total. The second-order valence-corrected chi connectivity index (χ2v) is 5.71. The van der Waals surface area contributed by atoms with Gasteiger partial charge in [-0.3, -0.25) is 4.79 Å². The van der Waals surface area contributed by atoms with Crippen LogP contribution in [0.15, 0.2) is 12.1 Å². The topological polar surface area (TPSA) is 70.5 Å². The molecule has 102 valence electrons. The molecule has 2 rings (SSSR count). The normalized spacial score (nSPS) is 19.3. The molecule has 1 amide bonds. The van der Waals surface area contributed by atoms with Crippen LogP contribution >= 0.6 is 11.8 Å². The fraction of sp³-hybridized carbons (Fsp3) is 0.462. The van der Waals surface area contributed by atoms with E-state index in [4.69, 9.17) is 5.11 Å². The zero-order valence-corrected chi connectivity index (χ0v) is 11.7. The van der Waals surface area contributed by atoms with Crippen LogP contribution < -0.4 is 0 Å². The maximum absolute atomic E-state index is 12.4. The molecule has 1 saturated heterocycles. The highest BCUT2D eigenvalue weighted by Crippen LogP contribution is 2.18. The summed E-state index contributed by atoms with van der Waals surface area (Å²) in [5.74, 6) is 0.722. The summed E-state index contributed by atoms with van der Waals surface area (Å²) in [6.07, 6.45) is 0. The fourth-order valence-corrected chi connectivity index (χ4v) is 3.10. The number of carboxylic acid groups (broad SMARTS) is 1. The number of nitrogens with zero attached hydrogens (tertiary/aromatic N) is 2. The first-order chi connectivity index (χ1) is 9.00. The zero-order valence-electron chi connectivity index (χ0n) is 10.9. The first-order valence-electron chi connectivity index (χ1n) is 6.10. The van der Waals surface area contributed by atoms with E-state index in [2.05, 4.69) is 4.98 Å². The van der Waals surface area contributed by atoms with Gasteiger partial charge < -0.3 is 10.0 Å². The lowest BCUT2D eigenvalue weighted by molar-refractivity contribution is 0.0685. The first kappa shape index (κ1) is 13.9. The maximum Gasteiger partial charge on any atom is 0.337 e. The van der Waals surface area contributed by atoms with Crippen LogP contribution in [0, 0.1) is 6.92 Å². The number of amides is 1. The summed E-state index contributed by atoms with van der Waals surface area (Å²) in [5.41, 5.74) is 0.831. The molecule has 1 aromatic heterocycles. The number of thioether (sulfide) groups is 1. The molecule has 1 unspecified atom stereocenters. The van der Waals surface area contributed by atoms with Gasteiger partial charge in [-0.25, -0.2) is 9.78 Å². The molecular weight excluding hydrogens is 264 g/mol. The van der Waals surface area contributed by atoms with Gasteiger partial charge in [-0.2, -0.15) is 11.8 Å². The van der Waals surface area contributed by atoms with Gasteiger partial charge in [-0.05, 0) is 26.0 Å². The van der Waals surface area contributed by atoms with Crippen molar-refractivity contribution in [1.29, 1.82) is 0 Å². The van der Waals surface area contributed by atoms with E-state index in [-0.39, 0.29) is 17.5 Å². The predicted molar refractivity (Wildman–Crippen MR) is 73.8 cm³/mol. The minimum absolute atomic E-state index is 0.118. The van der Waals surface area contributed by atoms with Crippen molar-refractivity contribution in [1.82, 2.24) is 9.88 Å². The van der Waals surface area contributed by atoms with E-state index in [0.29, 0.717) is 17.9 Å². The highest BCUT2D eigenvalue weighted by atomic mass is 32.2. The minimum atomic E-state index is -1.02. The van der Waals surface area contributed by atoms with E-state index in [1.54, 1.807) is 11.8 Å². The standard InChI is InChI=1S/C13H16N2O3S/c1-8-7-19-6-5-15(8)12(16)11-4-3-10(13(17)18)9(2)14-11/h3-4,8H,5-7H2,1-2H3,(H,17,18). The largest absolute Gasteiger partial charge is 0.478 e. The summed E-state index contributed by atoms with van der Waals surface area (Å²) in [6, 6.07) is 3.13. The number of carboxylic acids is 1. The van der Waals surface area contributed by atoms with Crippen LogP contribution in [0.5, 0.6) is 0 Å². The predicted octanol–water partition coefficient (Wildman–Crippen LogP) is 1.67. The molecule has 0 bridgehead atoms. The Kier molecular flexibility index (Phi) is 4.09. The highest BCUT2D eigenvalue weighted by molar-refractivity contribution is 7.99. The molecule has 0 radical (unpaired) electrons. The molecular formula is C13H16N2O3S. The highest BCUT2D eigenvalue weighted by Gasteiger charge is 2.25. The van der Waals surface area contributed by atoms with Gasteiger partial charge in [0, 0.05) is 24.1 Å². The molecule has 19 heavy (non-hydrogen) atoms. The average Bonchev–Trinajstić information content (AvgIpc) is 2.38. The molecule has 0 saturated carbocycles. The number of aryl methyl sites for hydroxylation is 1. The Morgan fingerprint density at radius 2 is 2.21 bits per heavy atom. The number of carbonyl (C=O) groups excluding carboxylic acids is 1. The molecule has 0 aliphatic carbocycles. The third-order valence-electron chi connectivity index (χ3n) is 3.16. The van der Waals surface area contributed by atoms with Gasteiger partial charge in [0.25, 0.3) is 5.91 Å². The summed E-state index contributed by atoms with van der Waals surface area (Å²) in [5, 5.41) is 8.95. The minimum Gasteiger partial charge on any atom is -0.478 e. The van der Waals surface area contributed by atoms with Crippen molar-refractivity contribution in [3.05, 3.63) is 29.1 Å². The van der Waals surface area contributed by atoms with E-state index in [0.717, 1.165) is 11.5 Å². The second kappa shape index (κ2) is 5.61. The van der Waals surface area contributed by atoms with Crippen molar-refractivity contribution in [2.24, 2.45) is 0 Å². The molecule has 1 aliphatic rings. The molecule has 2 heterocycles. The van der Waals surface area contributed by atoms with Gasteiger partial charge in [0.15, 0.2) is 0 Å². The Hall–Kier alpha value is -1.56. The third kappa shape index (κ3) is 2.89.